The number of halogens is 1. The molecule has 1 saturated carbocycles. The van der Waals surface area contributed by atoms with E-state index in [0.29, 0.717) is 37.5 Å². The molecule has 3 fully saturated rings. The molecule has 3 aliphatic heterocycles. The molecule has 40 heavy (non-hydrogen) atoms. The van der Waals surface area contributed by atoms with Gasteiger partial charge in [0.05, 0.1) is 19.6 Å². The third-order valence-corrected chi connectivity index (χ3v) is 9.13. The Kier molecular flexibility index (Phi) is 7.74. The van der Waals surface area contributed by atoms with Gasteiger partial charge in [-0.15, -0.1) is 0 Å². The minimum Gasteiger partial charge on any atom is -0.497 e. The van der Waals surface area contributed by atoms with Crippen molar-refractivity contribution >= 4 is 34.9 Å². The summed E-state index contributed by atoms with van der Waals surface area (Å²) in [7, 11) is 1.68. The van der Waals surface area contributed by atoms with Gasteiger partial charge in [0.1, 0.15) is 11.6 Å². The number of ether oxygens (including phenoxy) is 1. The summed E-state index contributed by atoms with van der Waals surface area (Å²) in [6, 6.07) is 15.8. The lowest BCUT2D eigenvalue weighted by atomic mass is 9.80. The zero-order valence-corrected chi connectivity index (χ0v) is 23.7. The van der Waals surface area contributed by atoms with Crippen molar-refractivity contribution in [2.75, 3.05) is 38.2 Å². The van der Waals surface area contributed by atoms with Gasteiger partial charge in [0, 0.05) is 61.8 Å². The molecule has 2 aromatic rings. The first-order chi connectivity index (χ1) is 19.5. The molecule has 3 atom stereocenters. The molecule has 10 heteroatoms. The van der Waals surface area contributed by atoms with E-state index in [0.717, 1.165) is 61.6 Å². The number of piperazine rings is 1. The highest BCUT2D eigenvalue weighted by Crippen LogP contribution is 2.39. The van der Waals surface area contributed by atoms with Gasteiger partial charge in [-0.05, 0) is 36.6 Å². The molecule has 2 saturated heterocycles. The number of amides is 2. The number of nitrogens with one attached hydrogen (secondary N) is 1. The van der Waals surface area contributed by atoms with Gasteiger partial charge in [0.25, 0.3) is 0 Å². The zero-order valence-electron chi connectivity index (χ0n) is 23.0. The summed E-state index contributed by atoms with van der Waals surface area (Å²) < 4.78 is 5.36. The Bertz CT molecular complexity index is 1280. The predicted octanol–water partition coefficient (Wildman–Crippen LogP) is 3.88. The molecule has 9 nitrogen and oxygen atoms in total. The standard InChI is InChI=1S/C30H37ClN6O3/c1-40-23-9-6-8-22(19-23)34-15-17-35(18-16-34)28(38)14-13-27-32-33-30-36(20-21-7-2-4-11-25(21)31)29(39)24-10-3-5-12-26(24)37(27)30/h2,4,6-9,11,19,24,26,30,33H,3,5,10,12-18,20H2,1H3. The minimum absolute atomic E-state index is 0.0574. The number of methoxy groups -OCH3 is 1. The van der Waals surface area contributed by atoms with Crippen LogP contribution in [0.15, 0.2) is 53.6 Å². The summed E-state index contributed by atoms with van der Waals surface area (Å²) >= 11 is 6.46. The third-order valence-electron chi connectivity index (χ3n) is 8.76. The van der Waals surface area contributed by atoms with Crippen LogP contribution in [0.3, 0.4) is 0 Å². The Morgan fingerprint density at radius 3 is 2.67 bits per heavy atom. The highest BCUT2D eigenvalue weighted by atomic mass is 35.5. The van der Waals surface area contributed by atoms with E-state index in [9.17, 15) is 9.59 Å². The van der Waals surface area contributed by atoms with E-state index in [1.165, 1.54) is 0 Å². The fraction of sp³-hybridized carbons (Fsp3) is 0.500. The lowest BCUT2D eigenvalue weighted by molar-refractivity contribution is -0.156. The smallest absolute Gasteiger partial charge is 0.231 e. The quantitative estimate of drug-likeness (QED) is 0.550. The number of hydrazone groups is 1. The highest BCUT2D eigenvalue weighted by Gasteiger charge is 2.50. The Labute approximate surface area is 240 Å². The van der Waals surface area contributed by atoms with E-state index in [1.54, 1.807) is 7.11 Å². The van der Waals surface area contributed by atoms with Crippen LogP contribution >= 0.6 is 11.6 Å². The van der Waals surface area contributed by atoms with Crippen molar-refractivity contribution in [1.29, 1.82) is 0 Å². The Morgan fingerprint density at radius 1 is 1.07 bits per heavy atom. The number of fused-ring (bicyclic) bond motifs is 3. The van der Waals surface area contributed by atoms with Gasteiger partial charge < -0.3 is 19.4 Å². The number of amidine groups is 1. The second-order valence-electron chi connectivity index (χ2n) is 11.0. The average Bonchev–Trinajstić information content (AvgIpc) is 3.43. The van der Waals surface area contributed by atoms with Crippen molar-refractivity contribution in [3.8, 4) is 5.75 Å². The monoisotopic (exact) mass is 564 g/mol. The van der Waals surface area contributed by atoms with Crippen LogP contribution in [0.25, 0.3) is 0 Å². The number of rotatable bonds is 7. The summed E-state index contributed by atoms with van der Waals surface area (Å²) in [6.07, 6.45) is 4.62. The molecule has 1 aliphatic carbocycles. The second kappa shape index (κ2) is 11.6. The lowest BCUT2D eigenvalue weighted by Crippen LogP contribution is -2.67. The van der Waals surface area contributed by atoms with Crippen molar-refractivity contribution in [3.63, 3.8) is 0 Å². The highest BCUT2D eigenvalue weighted by molar-refractivity contribution is 6.31. The van der Waals surface area contributed by atoms with Gasteiger partial charge in [0.2, 0.25) is 11.8 Å². The summed E-state index contributed by atoms with van der Waals surface area (Å²) in [4.78, 5) is 35.3. The van der Waals surface area contributed by atoms with Crippen molar-refractivity contribution in [2.24, 2.45) is 11.0 Å². The fourth-order valence-electron chi connectivity index (χ4n) is 6.61. The fourth-order valence-corrected chi connectivity index (χ4v) is 6.80. The van der Waals surface area contributed by atoms with Gasteiger partial charge >= 0.3 is 0 Å². The summed E-state index contributed by atoms with van der Waals surface area (Å²) in [6.45, 7) is 3.39. The van der Waals surface area contributed by atoms with Crippen molar-refractivity contribution in [2.45, 2.75) is 57.4 Å². The number of hydrogen-bond acceptors (Lipinski definition) is 7. The molecule has 1 N–H and O–H groups in total. The number of carbonyl (C=O) groups is 2. The topological polar surface area (TPSA) is 80.7 Å². The molecule has 0 radical (unpaired) electrons. The first kappa shape index (κ1) is 26.7. The molecule has 212 valence electrons. The molecule has 3 heterocycles. The normalized spacial score (nSPS) is 24.3. The molecule has 4 aliphatic rings. The molecule has 2 aromatic carbocycles. The molecule has 0 spiro atoms. The Morgan fingerprint density at radius 2 is 1.88 bits per heavy atom. The van der Waals surface area contributed by atoms with Crippen LogP contribution in [0.5, 0.6) is 5.75 Å². The van der Waals surface area contributed by atoms with Crippen LogP contribution in [-0.2, 0) is 16.1 Å². The van der Waals surface area contributed by atoms with Gasteiger partial charge in [-0.1, -0.05) is 48.7 Å². The van der Waals surface area contributed by atoms with E-state index in [2.05, 4.69) is 26.4 Å². The van der Waals surface area contributed by atoms with Gasteiger partial charge in [-0.25, -0.2) is 0 Å². The Balaban J connectivity index is 1.09. The number of carbonyl (C=O) groups excluding carboxylic acids is 2. The molecule has 0 bridgehead atoms. The number of benzene rings is 2. The summed E-state index contributed by atoms with van der Waals surface area (Å²) in [5, 5.41) is 5.34. The predicted molar refractivity (Wildman–Crippen MR) is 155 cm³/mol. The maximum absolute atomic E-state index is 13.7. The van der Waals surface area contributed by atoms with Gasteiger partial charge in [-0.2, -0.15) is 5.10 Å². The van der Waals surface area contributed by atoms with Gasteiger partial charge in [0.15, 0.2) is 6.29 Å². The largest absolute Gasteiger partial charge is 0.497 e. The van der Waals surface area contributed by atoms with E-state index in [1.807, 2.05) is 52.3 Å². The van der Waals surface area contributed by atoms with Crippen LogP contribution in [0, 0.1) is 5.92 Å². The third kappa shape index (κ3) is 5.19. The lowest BCUT2D eigenvalue weighted by Gasteiger charge is -2.50. The van der Waals surface area contributed by atoms with E-state index in [4.69, 9.17) is 16.3 Å². The van der Waals surface area contributed by atoms with Crippen molar-refractivity contribution in [3.05, 3.63) is 59.1 Å². The molecule has 2 amide bonds. The molecule has 3 unspecified atom stereocenters. The first-order valence-corrected chi connectivity index (χ1v) is 14.7. The van der Waals surface area contributed by atoms with Crippen LogP contribution < -0.4 is 15.1 Å². The summed E-state index contributed by atoms with van der Waals surface area (Å²) in [5.41, 5.74) is 5.27. The molecular formula is C30H37ClN6O3. The number of nitrogens with zero attached hydrogens (tertiary/aromatic N) is 5. The van der Waals surface area contributed by atoms with E-state index < -0.39 is 0 Å². The molecular weight excluding hydrogens is 528 g/mol. The number of hydrogen-bond donors (Lipinski definition) is 1. The molecule has 0 aromatic heterocycles. The zero-order chi connectivity index (χ0) is 27.6. The Hall–Kier alpha value is -3.46. The minimum atomic E-state index is -0.348. The maximum Gasteiger partial charge on any atom is 0.231 e. The first-order valence-electron chi connectivity index (χ1n) is 14.3. The SMILES string of the molecule is COc1cccc(N2CCN(C(=O)CCC3=NNC4N(Cc5ccccc5Cl)C(=O)C5CCCCC5N34)CC2)c1. The maximum atomic E-state index is 13.7. The van der Waals surface area contributed by atoms with Gasteiger partial charge in [-0.3, -0.25) is 19.9 Å². The summed E-state index contributed by atoms with van der Waals surface area (Å²) in [5.74, 6) is 1.97. The van der Waals surface area contributed by atoms with Crippen LogP contribution in [0.4, 0.5) is 5.69 Å². The van der Waals surface area contributed by atoms with Crippen molar-refractivity contribution in [1.82, 2.24) is 20.1 Å². The number of anilines is 1. The van der Waals surface area contributed by atoms with Crippen LogP contribution in [-0.4, -0.2) is 78.0 Å². The average molecular weight is 565 g/mol. The van der Waals surface area contributed by atoms with E-state index >= 15 is 0 Å². The molecule has 6 rings (SSSR count). The second-order valence-corrected chi connectivity index (χ2v) is 11.4. The van der Waals surface area contributed by atoms with Crippen LogP contribution in [0.1, 0.15) is 44.1 Å². The van der Waals surface area contributed by atoms with Crippen LogP contribution in [0.2, 0.25) is 5.02 Å². The van der Waals surface area contributed by atoms with Crippen molar-refractivity contribution < 1.29 is 14.3 Å². The van der Waals surface area contributed by atoms with E-state index in [-0.39, 0.29) is 30.1 Å².